The molecule has 186 valence electrons. The summed E-state index contributed by atoms with van der Waals surface area (Å²) in [6.45, 7) is 2.77. The maximum absolute atomic E-state index is 11.9. The third-order valence-corrected chi connectivity index (χ3v) is 4.43. The maximum Gasteiger partial charge on any atom is 0.328 e. The Labute approximate surface area is 203 Å². The molecule has 0 saturated heterocycles. The molecule has 11 heteroatoms. The van der Waals surface area contributed by atoms with Gasteiger partial charge in [-0.1, -0.05) is 36.4 Å². The Bertz CT molecular complexity index is 1010. The van der Waals surface area contributed by atoms with Crippen molar-refractivity contribution in [2.75, 3.05) is 63.3 Å². The number of para-hydroxylation sites is 1. The standard InChI is InChI=1S/C24H30N6O5/c31-14-11-26-22-28-23(30-24(29-22)35-20-9-5-2-6-10-20)27-13-16-34-18-17-33-15-12-25-21(32)19-7-3-1-4-8-19/h1-10,31H,11-18H2,(H,25,32)(H2,26,27,28,29,30). The Hall–Kier alpha value is -3.80. The SMILES string of the molecule is O=C(NCCOCCOCCNc1nc(NCCO)nc(Oc2ccccc2)n1)c1ccccc1. The average Bonchev–Trinajstić information content (AvgIpc) is 2.89. The van der Waals surface area contributed by atoms with Crippen molar-refractivity contribution in [3.05, 3.63) is 66.2 Å². The lowest BCUT2D eigenvalue weighted by atomic mass is 10.2. The van der Waals surface area contributed by atoms with Crippen molar-refractivity contribution in [1.29, 1.82) is 0 Å². The molecule has 0 unspecified atom stereocenters. The highest BCUT2D eigenvalue weighted by Gasteiger charge is 2.08. The summed E-state index contributed by atoms with van der Waals surface area (Å²) in [5.41, 5.74) is 0.622. The molecule has 0 radical (unpaired) electrons. The summed E-state index contributed by atoms with van der Waals surface area (Å²) in [5, 5.41) is 17.8. The molecule has 0 aliphatic rings. The van der Waals surface area contributed by atoms with E-state index in [1.54, 1.807) is 24.3 Å². The van der Waals surface area contributed by atoms with Gasteiger partial charge < -0.3 is 35.3 Å². The number of hydrogen-bond acceptors (Lipinski definition) is 10. The lowest BCUT2D eigenvalue weighted by Gasteiger charge is -2.11. The summed E-state index contributed by atoms with van der Waals surface area (Å²) < 4.78 is 16.7. The van der Waals surface area contributed by atoms with E-state index < -0.39 is 0 Å². The van der Waals surface area contributed by atoms with E-state index in [0.717, 1.165) is 0 Å². The zero-order chi connectivity index (χ0) is 24.6. The highest BCUT2D eigenvalue weighted by molar-refractivity contribution is 5.94. The molecule has 3 aromatic rings. The van der Waals surface area contributed by atoms with Gasteiger partial charge in [0, 0.05) is 25.2 Å². The van der Waals surface area contributed by atoms with E-state index in [-0.39, 0.29) is 24.5 Å². The molecule has 0 spiro atoms. The van der Waals surface area contributed by atoms with Crippen LogP contribution in [-0.2, 0) is 9.47 Å². The van der Waals surface area contributed by atoms with Crippen LogP contribution in [0.15, 0.2) is 60.7 Å². The van der Waals surface area contributed by atoms with E-state index in [2.05, 4.69) is 30.9 Å². The zero-order valence-corrected chi connectivity index (χ0v) is 19.4. The van der Waals surface area contributed by atoms with Gasteiger partial charge in [-0.3, -0.25) is 4.79 Å². The predicted octanol–water partition coefficient (Wildman–Crippen LogP) is 1.94. The van der Waals surface area contributed by atoms with Crippen LogP contribution in [0.1, 0.15) is 10.4 Å². The highest BCUT2D eigenvalue weighted by Crippen LogP contribution is 2.19. The van der Waals surface area contributed by atoms with Gasteiger partial charge in [0.25, 0.3) is 5.91 Å². The Morgan fingerprint density at radius 3 is 2.00 bits per heavy atom. The van der Waals surface area contributed by atoms with E-state index in [1.807, 2.05) is 36.4 Å². The van der Waals surface area contributed by atoms with Crippen molar-refractivity contribution < 1.29 is 24.1 Å². The number of benzene rings is 2. The van der Waals surface area contributed by atoms with E-state index in [1.165, 1.54) is 0 Å². The van der Waals surface area contributed by atoms with Crippen LogP contribution in [0, 0.1) is 0 Å². The third-order valence-electron chi connectivity index (χ3n) is 4.43. The second-order valence-electron chi connectivity index (χ2n) is 7.10. The normalized spacial score (nSPS) is 10.5. The van der Waals surface area contributed by atoms with Crippen molar-refractivity contribution in [1.82, 2.24) is 20.3 Å². The number of hydrogen-bond donors (Lipinski definition) is 4. The first-order chi connectivity index (χ1) is 17.2. The molecule has 35 heavy (non-hydrogen) atoms. The minimum absolute atomic E-state index is 0.0569. The quantitative estimate of drug-likeness (QED) is 0.224. The van der Waals surface area contributed by atoms with Gasteiger partial charge in [-0.25, -0.2) is 0 Å². The van der Waals surface area contributed by atoms with Gasteiger partial charge in [0.05, 0.1) is 33.0 Å². The second-order valence-corrected chi connectivity index (χ2v) is 7.10. The number of anilines is 2. The monoisotopic (exact) mass is 482 g/mol. The molecule has 1 heterocycles. The molecule has 2 aromatic carbocycles. The minimum Gasteiger partial charge on any atom is -0.424 e. The largest absolute Gasteiger partial charge is 0.424 e. The van der Waals surface area contributed by atoms with Gasteiger partial charge in [0.15, 0.2) is 0 Å². The summed E-state index contributed by atoms with van der Waals surface area (Å²) in [4.78, 5) is 24.7. The minimum atomic E-state index is -0.123. The summed E-state index contributed by atoms with van der Waals surface area (Å²) in [6.07, 6.45) is 0. The van der Waals surface area contributed by atoms with Crippen LogP contribution in [0.3, 0.4) is 0 Å². The lowest BCUT2D eigenvalue weighted by molar-refractivity contribution is 0.0519. The van der Waals surface area contributed by atoms with Gasteiger partial charge in [0.1, 0.15) is 5.75 Å². The van der Waals surface area contributed by atoms with Crippen LogP contribution in [0.25, 0.3) is 0 Å². The third kappa shape index (κ3) is 9.92. The van der Waals surface area contributed by atoms with E-state index >= 15 is 0 Å². The molecular formula is C24H30N6O5. The molecule has 11 nitrogen and oxygen atoms in total. The summed E-state index contributed by atoms with van der Waals surface area (Å²) in [7, 11) is 0. The van der Waals surface area contributed by atoms with Crippen molar-refractivity contribution in [3.63, 3.8) is 0 Å². The molecule has 0 atom stereocenters. The molecule has 0 aliphatic carbocycles. The molecule has 0 bridgehead atoms. The van der Waals surface area contributed by atoms with Gasteiger partial charge >= 0.3 is 6.01 Å². The zero-order valence-electron chi connectivity index (χ0n) is 19.4. The first-order valence-electron chi connectivity index (χ1n) is 11.3. The fourth-order valence-electron chi connectivity index (χ4n) is 2.81. The van der Waals surface area contributed by atoms with E-state index in [0.29, 0.717) is 63.3 Å². The molecule has 1 aromatic heterocycles. The fraction of sp³-hybridized carbons (Fsp3) is 0.333. The first-order valence-corrected chi connectivity index (χ1v) is 11.3. The van der Waals surface area contributed by atoms with E-state index in [4.69, 9.17) is 19.3 Å². The Morgan fingerprint density at radius 2 is 1.34 bits per heavy atom. The maximum atomic E-state index is 11.9. The average molecular weight is 483 g/mol. The summed E-state index contributed by atoms with van der Waals surface area (Å²) in [6, 6.07) is 18.3. The van der Waals surface area contributed by atoms with Gasteiger partial charge in [-0.15, -0.1) is 0 Å². The molecule has 0 fully saturated rings. The second kappa shape index (κ2) is 15.2. The Kier molecular flexibility index (Phi) is 11.2. The van der Waals surface area contributed by atoms with Crippen molar-refractivity contribution in [2.24, 2.45) is 0 Å². The number of rotatable bonds is 16. The number of amides is 1. The summed E-state index contributed by atoms with van der Waals surface area (Å²) >= 11 is 0. The van der Waals surface area contributed by atoms with E-state index in [9.17, 15) is 4.79 Å². The Balaban J connectivity index is 1.31. The highest BCUT2D eigenvalue weighted by atomic mass is 16.5. The number of ether oxygens (including phenoxy) is 3. The van der Waals surface area contributed by atoms with Crippen LogP contribution in [-0.4, -0.2) is 78.6 Å². The predicted molar refractivity (Wildman–Crippen MR) is 131 cm³/mol. The van der Waals surface area contributed by atoms with Gasteiger partial charge in [-0.05, 0) is 24.3 Å². The molecule has 0 aliphatic heterocycles. The van der Waals surface area contributed by atoms with Crippen LogP contribution in [0.5, 0.6) is 11.8 Å². The lowest BCUT2D eigenvalue weighted by Crippen LogP contribution is -2.27. The number of carbonyl (C=O) groups is 1. The molecule has 0 saturated carbocycles. The van der Waals surface area contributed by atoms with Crippen molar-refractivity contribution in [2.45, 2.75) is 0 Å². The first kappa shape index (κ1) is 25.8. The topological polar surface area (TPSA) is 140 Å². The number of aliphatic hydroxyl groups excluding tert-OH is 1. The molecule has 1 amide bonds. The molecule has 4 N–H and O–H groups in total. The van der Waals surface area contributed by atoms with Crippen LogP contribution >= 0.6 is 0 Å². The molecule has 3 rings (SSSR count). The molecular weight excluding hydrogens is 452 g/mol. The van der Waals surface area contributed by atoms with Gasteiger partial charge in [-0.2, -0.15) is 15.0 Å². The van der Waals surface area contributed by atoms with Crippen LogP contribution in [0.2, 0.25) is 0 Å². The van der Waals surface area contributed by atoms with Crippen LogP contribution < -0.4 is 20.7 Å². The number of aromatic nitrogens is 3. The number of nitrogens with one attached hydrogen (secondary N) is 3. The van der Waals surface area contributed by atoms with Crippen LogP contribution in [0.4, 0.5) is 11.9 Å². The number of carbonyl (C=O) groups excluding carboxylic acids is 1. The summed E-state index contributed by atoms with van der Waals surface area (Å²) in [5.74, 6) is 1.08. The Morgan fingerprint density at radius 1 is 0.743 bits per heavy atom. The fourth-order valence-corrected chi connectivity index (χ4v) is 2.81. The number of nitrogens with zero attached hydrogens (tertiary/aromatic N) is 3. The smallest absolute Gasteiger partial charge is 0.328 e. The van der Waals surface area contributed by atoms with Crippen molar-refractivity contribution in [3.8, 4) is 11.8 Å². The van der Waals surface area contributed by atoms with Gasteiger partial charge in [0.2, 0.25) is 11.9 Å². The van der Waals surface area contributed by atoms with Crippen molar-refractivity contribution >= 4 is 17.8 Å². The number of aliphatic hydroxyl groups is 1.